The van der Waals surface area contributed by atoms with Crippen LogP contribution in [0.15, 0.2) is 28.5 Å². The van der Waals surface area contributed by atoms with E-state index in [4.69, 9.17) is 0 Å². The molecule has 2 amide bonds. The second-order valence-corrected chi connectivity index (χ2v) is 6.75. The summed E-state index contributed by atoms with van der Waals surface area (Å²) in [6.45, 7) is 0. The van der Waals surface area contributed by atoms with Gasteiger partial charge in [0.05, 0.1) is 24.6 Å². The van der Waals surface area contributed by atoms with Gasteiger partial charge in [0.15, 0.2) is 5.13 Å². The van der Waals surface area contributed by atoms with Gasteiger partial charge in [-0.25, -0.2) is 9.67 Å². The van der Waals surface area contributed by atoms with Gasteiger partial charge in [0.25, 0.3) is 0 Å². The van der Waals surface area contributed by atoms with Crippen molar-refractivity contribution < 1.29 is 9.59 Å². The van der Waals surface area contributed by atoms with Crippen molar-refractivity contribution in [3.05, 3.63) is 39.8 Å². The van der Waals surface area contributed by atoms with E-state index in [1.807, 2.05) is 16.8 Å². The van der Waals surface area contributed by atoms with Crippen LogP contribution in [0.25, 0.3) is 0 Å². The largest absolute Gasteiger partial charge is 0.359 e. The number of aromatic nitrogens is 5. The first-order chi connectivity index (χ1) is 12.2. The van der Waals surface area contributed by atoms with Crippen molar-refractivity contribution in [1.82, 2.24) is 30.5 Å². The van der Waals surface area contributed by atoms with Crippen molar-refractivity contribution in [3.8, 4) is 0 Å². The molecular weight excluding hydrogens is 362 g/mol. The Morgan fingerprint density at radius 2 is 2.20 bits per heavy atom. The number of carbonyl (C=O) groups excluding carboxylic acids is 2. The molecule has 0 aliphatic heterocycles. The zero-order chi connectivity index (χ0) is 17.6. The number of rotatable bonds is 7. The third kappa shape index (κ3) is 4.45. The molecule has 0 aromatic carbocycles. The Hall–Kier alpha value is -2.66. The van der Waals surface area contributed by atoms with Gasteiger partial charge >= 0.3 is 0 Å². The van der Waals surface area contributed by atoms with E-state index >= 15 is 0 Å². The van der Waals surface area contributed by atoms with E-state index in [9.17, 15) is 9.59 Å². The number of nitrogens with zero attached hydrogens (tertiary/aromatic N) is 5. The minimum Gasteiger partial charge on any atom is -0.359 e. The van der Waals surface area contributed by atoms with Crippen LogP contribution in [-0.4, -0.2) is 44.1 Å². The van der Waals surface area contributed by atoms with Gasteiger partial charge in [-0.15, -0.1) is 16.4 Å². The van der Waals surface area contributed by atoms with Gasteiger partial charge in [0, 0.05) is 12.4 Å². The molecule has 3 aromatic rings. The predicted octanol–water partition coefficient (Wildman–Crippen LogP) is 1.10. The summed E-state index contributed by atoms with van der Waals surface area (Å²) in [5.41, 5.74) is 1.58. The van der Waals surface area contributed by atoms with Crippen molar-refractivity contribution in [2.45, 2.75) is 18.9 Å². The summed E-state index contributed by atoms with van der Waals surface area (Å²) in [5.74, 6) is -0.327. The first kappa shape index (κ1) is 17.2. The van der Waals surface area contributed by atoms with Gasteiger partial charge in [-0.2, -0.15) is 11.3 Å². The summed E-state index contributed by atoms with van der Waals surface area (Å²) in [6.07, 6.45) is 1.84. The molecule has 3 rings (SSSR count). The van der Waals surface area contributed by atoms with E-state index in [0.29, 0.717) is 10.8 Å². The fourth-order valence-electron chi connectivity index (χ4n) is 2.18. The lowest BCUT2D eigenvalue weighted by Gasteiger charge is -2.14. The molecule has 1 atom stereocenters. The number of anilines is 1. The van der Waals surface area contributed by atoms with Crippen LogP contribution in [0.5, 0.6) is 0 Å². The summed E-state index contributed by atoms with van der Waals surface area (Å²) in [7, 11) is 1.57. The number of carbonyl (C=O) groups is 2. The number of hydrogen-bond donors (Lipinski definition) is 2. The molecule has 0 saturated heterocycles. The third-order valence-corrected chi connectivity index (χ3v) is 4.92. The Balaban J connectivity index is 1.65. The molecule has 0 aliphatic carbocycles. The standard InChI is InChI=1S/C14H15N7O2S2/c1-15-12(22)4-10-7-25-14(17-10)18-13(23)5-11(9-2-3-24-6-9)21-8-16-19-20-21/h2-3,6-8,11H,4-5H2,1H3,(H,15,22)(H,17,18,23)/t11-/m1/s1. The van der Waals surface area contributed by atoms with Gasteiger partial charge in [-0.3, -0.25) is 9.59 Å². The van der Waals surface area contributed by atoms with Crippen LogP contribution in [0.3, 0.4) is 0 Å². The van der Waals surface area contributed by atoms with Crippen molar-refractivity contribution in [2.24, 2.45) is 0 Å². The van der Waals surface area contributed by atoms with Crippen LogP contribution in [0.4, 0.5) is 5.13 Å². The molecule has 11 heteroatoms. The smallest absolute Gasteiger partial charge is 0.228 e. The number of thiazole rings is 1. The summed E-state index contributed by atoms with van der Waals surface area (Å²) in [4.78, 5) is 28.0. The Labute approximate surface area is 151 Å². The highest BCUT2D eigenvalue weighted by Crippen LogP contribution is 2.24. The van der Waals surface area contributed by atoms with E-state index in [-0.39, 0.29) is 30.7 Å². The van der Waals surface area contributed by atoms with Crippen LogP contribution >= 0.6 is 22.7 Å². The van der Waals surface area contributed by atoms with Crippen molar-refractivity contribution in [1.29, 1.82) is 0 Å². The normalized spacial score (nSPS) is 11.9. The van der Waals surface area contributed by atoms with Crippen molar-refractivity contribution >= 4 is 39.6 Å². The van der Waals surface area contributed by atoms with E-state index in [2.05, 4.69) is 31.1 Å². The van der Waals surface area contributed by atoms with Crippen LogP contribution in [0, 0.1) is 0 Å². The summed E-state index contributed by atoms with van der Waals surface area (Å²) in [5, 5.41) is 22.6. The molecule has 0 radical (unpaired) electrons. The number of hydrogen-bond acceptors (Lipinski definition) is 8. The first-order valence-corrected chi connectivity index (χ1v) is 9.17. The zero-order valence-corrected chi connectivity index (χ0v) is 14.9. The minimum atomic E-state index is -0.286. The second-order valence-electron chi connectivity index (χ2n) is 5.11. The van der Waals surface area contributed by atoms with Crippen LogP contribution in [-0.2, 0) is 16.0 Å². The lowest BCUT2D eigenvalue weighted by atomic mass is 10.1. The fourth-order valence-corrected chi connectivity index (χ4v) is 3.62. The third-order valence-electron chi connectivity index (χ3n) is 3.41. The summed E-state index contributed by atoms with van der Waals surface area (Å²) < 4.78 is 1.56. The van der Waals surface area contributed by atoms with Crippen LogP contribution in [0.1, 0.15) is 23.7 Å². The van der Waals surface area contributed by atoms with Crippen molar-refractivity contribution in [3.63, 3.8) is 0 Å². The fraction of sp³-hybridized carbons (Fsp3) is 0.286. The quantitative estimate of drug-likeness (QED) is 0.637. The number of thiophene rings is 1. The van der Waals surface area contributed by atoms with Gasteiger partial charge in [0.1, 0.15) is 6.33 Å². The summed E-state index contributed by atoms with van der Waals surface area (Å²) >= 11 is 2.83. The second kappa shape index (κ2) is 7.94. The highest BCUT2D eigenvalue weighted by Gasteiger charge is 2.20. The van der Waals surface area contributed by atoms with Crippen LogP contribution < -0.4 is 10.6 Å². The molecule has 0 saturated carbocycles. The SMILES string of the molecule is CNC(=O)Cc1csc(NC(=O)C[C@H](c2ccsc2)n2cnnn2)n1. The number of amides is 2. The maximum absolute atomic E-state index is 12.4. The van der Waals surface area contributed by atoms with Gasteiger partial charge in [-0.05, 0) is 32.8 Å². The Morgan fingerprint density at radius 3 is 2.88 bits per heavy atom. The lowest BCUT2D eigenvalue weighted by molar-refractivity contribution is -0.120. The number of tetrazole rings is 1. The molecular formula is C14H15N7O2S2. The molecule has 0 fully saturated rings. The first-order valence-electron chi connectivity index (χ1n) is 7.35. The molecule has 130 valence electrons. The molecule has 2 N–H and O–H groups in total. The van der Waals surface area contributed by atoms with E-state index in [1.54, 1.807) is 28.4 Å². The number of nitrogens with one attached hydrogen (secondary N) is 2. The van der Waals surface area contributed by atoms with E-state index < -0.39 is 0 Å². The predicted molar refractivity (Wildman–Crippen MR) is 93.4 cm³/mol. The minimum absolute atomic E-state index is 0.126. The average Bonchev–Trinajstić information content (AvgIpc) is 3.35. The van der Waals surface area contributed by atoms with Crippen LogP contribution in [0.2, 0.25) is 0 Å². The summed E-state index contributed by atoms with van der Waals surface area (Å²) in [6, 6.07) is 1.65. The maximum atomic E-state index is 12.4. The molecule has 0 spiro atoms. The molecule has 0 bridgehead atoms. The van der Waals surface area contributed by atoms with Gasteiger partial charge in [-0.1, -0.05) is 0 Å². The highest BCUT2D eigenvalue weighted by molar-refractivity contribution is 7.14. The van der Waals surface area contributed by atoms with Gasteiger partial charge in [0.2, 0.25) is 11.8 Å². The monoisotopic (exact) mass is 377 g/mol. The molecule has 25 heavy (non-hydrogen) atoms. The highest BCUT2D eigenvalue weighted by atomic mass is 32.1. The topological polar surface area (TPSA) is 115 Å². The maximum Gasteiger partial charge on any atom is 0.228 e. The molecule has 3 aromatic heterocycles. The lowest BCUT2D eigenvalue weighted by Crippen LogP contribution is -2.21. The molecule has 9 nitrogen and oxygen atoms in total. The van der Waals surface area contributed by atoms with Gasteiger partial charge < -0.3 is 10.6 Å². The van der Waals surface area contributed by atoms with Crippen molar-refractivity contribution in [2.75, 3.05) is 12.4 Å². The number of likely N-dealkylation sites (N-methyl/N-ethyl adjacent to an activating group) is 1. The average molecular weight is 377 g/mol. The molecule has 3 heterocycles. The Morgan fingerprint density at radius 1 is 1.32 bits per heavy atom. The zero-order valence-electron chi connectivity index (χ0n) is 13.2. The molecule has 0 aliphatic rings. The van der Waals surface area contributed by atoms with E-state index in [1.165, 1.54) is 17.7 Å². The Bertz CT molecular complexity index is 795. The Kier molecular flexibility index (Phi) is 5.46. The van der Waals surface area contributed by atoms with E-state index in [0.717, 1.165) is 5.56 Å². The molecule has 0 unspecified atom stereocenters.